The maximum Gasteiger partial charge on any atom is 0.119 e. The van der Waals surface area contributed by atoms with Crippen LogP contribution < -0.4 is 10.1 Å². The number of ether oxygens (including phenoxy) is 1. The van der Waals surface area contributed by atoms with Gasteiger partial charge in [0.05, 0.1) is 13.2 Å². The van der Waals surface area contributed by atoms with Crippen molar-refractivity contribution in [3.8, 4) is 5.75 Å². The largest absolute Gasteiger partial charge is 0.494 e. The second kappa shape index (κ2) is 7.39. The van der Waals surface area contributed by atoms with Gasteiger partial charge in [0.25, 0.3) is 0 Å². The summed E-state index contributed by atoms with van der Waals surface area (Å²) in [4.78, 5) is 0. The molecular formula is C15H25NO2. The van der Waals surface area contributed by atoms with Crippen LogP contribution in [0.1, 0.15) is 39.2 Å². The Morgan fingerprint density at radius 3 is 2.39 bits per heavy atom. The molecule has 0 amide bonds. The van der Waals surface area contributed by atoms with Gasteiger partial charge in [-0.05, 0) is 38.0 Å². The van der Waals surface area contributed by atoms with Crippen LogP contribution in [0.2, 0.25) is 0 Å². The van der Waals surface area contributed by atoms with Crippen molar-refractivity contribution in [3.63, 3.8) is 0 Å². The highest BCUT2D eigenvalue weighted by molar-refractivity contribution is 5.27. The SMILES string of the molecule is CCCC(C)(CO)NCc1ccc(OCC)cc1. The number of hydrogen-bond acceptors (Lipinski definition) is 3. The molecule has 3 heteroatoms. The van der Waals surface area contributed by atoms with Crippen molar-refractivity contribution >= 4 is 0 Å². The van der Waals surface area contributed by atoms with Crippen LogP contribution in [0.3, 0.4) is 0 Å². The molecule has 0 aliphatic carbocycles. The lowest BCUT2D eigenvalue weighted by molar-refractivity contribution is 0.163. The first-order chi connectivity index (χ1) is 8.63. The molecule has 1 unspecified atom stereocenters. The fourth-order valence-electron chi connectivity index (χ4n) is 1.96. The normalized spacial score (nSPS) is 14.2. The Morgan fingerprint density at radius 2 is 1.89 bits per heavy atom. The zero-order valence-electron chi connectivity index (χ0n) is 11.7. The van der Waals surface area contributed by atoms with Crippen LogP contribution in [0.4, 0.5) is 0 Å². The number of rotatable bonds is 8. The summed E-state index contributed by atoms with van der Waals surface area (Å²) in [7, 11) is 0. The van der Waals surface area contributed by atoms with Gasteiger partial charge in [-0.25, -0.2) is 0 Å². The summed E-state index contributed by atoms with van der Waals surface area (Å²) in [5, 5.41) is 12.8. The molecule has 0 aromatic heterocycles. The van der Waals surface area contributed by atoms with Crippen molar-refractivity contribution in [2.24, 2.45) is 0 Å². The molecule has 0 aliphatic rings. The lowest BCUT2D eigenvalue weighted by Crippen LogP contribution is -2.45. The second-order valence-electron chi connectivity index (χ2n) is 4.90. The molecule has 3 nitrogen and oxygen atoms in total. The molecule has 1 rings (SSSR count). The Kier molecular flexibility index (Phi) is 6.16. The van der Waals surface area contributed by atoms with E-state index in [9.17, 15) is 5.11 Å². The molecule has 1 aromatic rings. The lowest BCUT2D eigenvalue weighted by atomic mass is 9.97. The van der Waals surface area contributed by atoms with Gasteiger partial charge in [0.15, 0.2) is 0 Å². The average molecular weight is 251 g/mol. The molecule has 0 aliphatic heterocycles. The summed E-state index contributed by atoms with van der Waals surface area (Å²) >= 11 is 0. The number of hydrogen-bond donors (Lipinski definition) is 2. The highest BCUT2D eigenvalue weighted by Crippen LogP contribution is 2.15. The third-order valence-corrected chi connectivity index (χ3v) is 3.10. The number of nitrogens with one attached hydrogen (secondary N) is 1. The van der Waals surface area contributed by atoms with E-state index in [0.717, 1.165) is 25.1 Å². The number of aliphatic hydroxyl groups excluding tert-OH is 1. The van der Waals surface area contributed by atoms with Gasteiger partial charge in [-0.1, -0.05) is 25.5 Å². The van der Waals surface area contributed by atoms with Crippen molar-refractivity contribution < 1.29 is 9.84 Å². The van der Waals surface area contributed by atoms with Gasteiger partial charge in [0.2, 0.25) is 0 Å². The van der Waals surface area contributed by atoms with Crippen LogP contribution in [0.15, 0.2) is 24.3 Å². The van der Waals surface area contributed by atoms with E-state index in [2.05, 4.69) is 31.3 Å². The summed E-state index contributed by atoms with van der Waals surface area (Å²) in [6.07, 6.45) is 2.04. The monoisotopic (exact) mass is 251 g/mol. The van der Waals surface area contributed by atoms with E-state index in [1.807, 2.05) is 19.1 Å². The topological polar surface area (TPSA) is 41.5 Å². The minimum atomic E-state index is -0.187. The van der Waals surface area contributed by atoms with E-state index in [1.54, 1.807) is 0 Å². The van der Waals surface area contributed by atoms with E-state index < -0.39 is 0 Å². The molecule has 1 aromatic carbocycles. The Bertz CT molecular complexity index is 337. The average Bonchev–Trinajstić information content (AvgIpc) is 2.39. The van der Waals surface area contributed by atoms with E-state index in [4.69, 9.17) is 4.74 Å². The summed E-state index contributed by atoms with van der Waals surface area (Å²) in [6.45, 7) is 7.79. The molecule has 0 spiro atoms. The molecule has 0 bridgehead atoms. The lowest BCUT2D eigenvalue weighted by Gasteiger charge is -2.28. The van der Waals surface area contributed by atoms with Gasteiger partial charge in [-0.2, -0.15) is 0 Å². The smallest absolute Gasteiger partial charge is 0.119 e. The quantitative estimate of drug-likeness (QED) is 0.746. The van der Waals surface area contributed by atoms with Crippen LogP contribution in [0.5, 0.6) is 5.75 Å². The highest BCUT2D eigenvalue weighted by atomic mass is 16.5. The van der Waals surface area contributed by atoms with Crippen molar-refractivity contribution in [2.75, 3.05) is 13.2 Å². The third kappa shape index (κ3) is 4.67. The van der Waals surface area contributed by atoms with Crippen LogP contribution in [0.25, 0.3) is 0 Å². The molecule has 2 N–H and O–H groups in total. The van der Waals surface area contributed by atoms with Gasteiger partial charge in [-0.15, -0.1) is 0 Å². The van der Waals surface area contributed by atoms with Gasteiger partial charge in [-0.3, -0.25) is 0 Å². The highest BCUT2D eigenvalue weighted by Gasteiger charge is 2.20. The molecule has 0 heterocycles. The zero-order valence-corrected chi connectivity index (χ0v) is 11.7. The molecule has 0 fully saturated rings. The molecule has 0 radical (unpaired) electrons. The summed E-state index contributed by atoms with van der Waals surface area (Å²) in [6, 6.07) is 8.08. The maximum absolute atomic E-state index is 9.43. The second-order valence-corrected chi connectivity index (χ2v) is 4.90. The predicted molar refractivity (Wildman–Crippen MR) is 74.8 cm³/mol. The Labute approximate surface area is 110 Å². The van der Waals surface area contributed by atoms with E-state index in [-0.39, 0.29) is 12.1 Å². The van der Waals surface area contributed by atoms with Crippen LogP contribution in [-0.4, -0.2) is 23.9 Å². The first kappa shape index (κ1) is 15.0. The minimum Gasteiger partial charge on any atom is -0.494 e. The van der Waals surface area contributed by atoms with Gasteiger partial charge in [0, 0.05) is 12.1 Å². The van der Waals surface area contributed by atoms with Crippen molar-refractivity contribution in [3.05, 3.63) is 29.8 Å². The Morgan fingerprint density at radius 1 is 1.22 bits per heavy atom. The first-order valence-corrected chi connectivity index (χ1v) is 6.71. The predicted octanol–water partition coefficient (Wildman–Crippen LogP) is 2.73. The van der Waals surface area contributed by atoms with Gasteiger partial charge >= 0.3 is 0 Å². The van der Waals surface area contributed by atoms with Crippen molar-refractivity contribution in [1.82, 2.24) is 5.32 Å². The molecule has 0 saturated carbocycles. The van der Waals surface area contributed by atoms with Crippen LogP contribution in [-0.2, 0) is 6.54 Å². The fraction of sp³-hybridized carbons (Fsp3) is 0.600. The summed E-state index contributed by atoms with van der Waals surface area (Å²) in [5.41, 5.74) is 1.02. The number of aliphatic hydroxyl groups is 1. The van der Waals surface area contributed by atoms with Crippen molar-refractivity contribution in [1.29, 1.82) is 0 Å². The molecular weight excluding hydrogens is 226 g/mol. The number of benzene rings is 1. The Hall–Kier alpha value is -1.06. The van der Waals surface area contributed by atoms with Crippen LogP contribution in [0, 0.1) is 0 Å². The van der Waals surface area contributed by atoms with E-state index in [1.165, 1.54) is 5.56 Å². The molecule has 1 atom stereocenters. The zero-order chi connectivity index (χ0) is 13.4. The maximum atomic E-state index is 9.43. The minimum absolute atomic E-state index is 0.165. The summed E-state index contributed by atoms with van der Waals surface area (Å²) in [5.74, 6) is 0.903. The Balaban J connectivity index is 2.51. The fourth-order valence-corrected chi connectivity index (χ4v) is 1.96. The van der Waals surface area contributed by atoms with Gasteiger partial charge in [0.1, 0.15) is 5.75 Å². The van der Waals surface area contributed by atoms with E-state index >= 15 is 0 Å². The first-order valence-electron chi connectivity index (χ1n) is 6.71. The molecule has 0 saturated heterocycles. The molecule has 102 valence electrons. The standard InChI is InChI=1S/C15H25NO2/c1-4-10-15(3,12-17)16-11-13-6-8-14(9-7-13)18-5-2/h6-9,16-17H,4-5,10-12H2,1-3H3. The van der Waals surface area contributed by atoms with Crippen molar-refractivity contribution in [2.45, 2.75) is 45.7 Å². The van der Waals surface area contributed by atoms with Gasteiger partial charge < -0.3 is 15.2 Å². The van der Waals surface area contributed by atoms with E-state index in [0.29, 0.717) is 6.61 Å². The summed E-state index contributed by atoms with van der Waals surface area (Å²) < 4.78 is 5.41. The van der Waals surface area contributed by atoms with Crippen LogP contribution >= 0.6 is 0 Å². The third-order valence-electron chi connectivity index (χ3n) is 3.10. The molecule has 18 heavy (non-hydrogen) atoms.